The summed E-state index contributed by atoms with van der Waals surface area (Å²) in [6, 6.07) is 7.23. The van der Waals surface area contributed by atoms with Crippen LogP contribution in [0.25, 0.3) is 11.1 Å². The van der Waals surface area contributed by atoms with Crippen molar-refractivity contribution in [1.82, 2.24) is 4.98 Å². The number of aryl methyl sites for hydroxylation is 1. The fraction of sp³-hybridized carbons (Fsp3) is 0.294. The fourth-order valence-electron chi connectivity index (χ4n) is 2.45. The van der Waals surface area contributed by atoms with Crippen molar-refractivity contribution >= 4 is 11.7 Å². The summed E-state index contributed by atoms with van der Waals surface area (Å²) in [5.74, 6) is 0.777. The van der Waals surface area contributed by atoms with Crippen LogP contribution in [0, 0.1) is 6.92 Å². The highest BCUT2D eigenvalue weighted by molar-refractivity contribution is 5.95. The first kappa shape index (κ1) is 15.8. The molecule has 0 aliphatic rings. The minimum Gasteiger partial charge on any atom is -0.481 e. The molecule has 5 heteroatoms. The smallest absolute Gasteiger partial charge is 0.316 e. The van der Waals surface area contributed by atoms with Gasteiger partial charge in [-0.1, -0.05) is 25.5 Å². The normalized spacial score (nSPS) is 10.6. The van der Waals surface area contributed by atoms with Crippen molar-refractivity contribution in [3.63, 3.8) is 0 Å². The van der Waals surface area contributed by atoms with Crippen LogP contribution in [-0.2, 0) is 0 Å². The highest BCUT2D eigenvalue weighted by atomic mass is 16.5. The first-order valence-electron chi connectivity index (χ1n) is 7.13. The number of nitrogens with zero attached hydrogens (tertiary/aromatic N) is 1. The van der Waals surface area contributed by atoms with Crippen molar-refractivity contribution in [2.75, 3.05) is 12.4 Å². The van der Waals surface area contributed by atoms with Crippen LogP contribution in [-0.4, -0.2) is 18.1 Å². The number of carbonyl (C=O) groups is 1. The fourth-order valence-corrected chi connectivity index (χ4v) is 2.45. The summed E-state index contributed by atoms with van der Waals surface area (Å²) in [7, 11) is 1.57. The number of aromatic nitrogens is 1. The third-order valence-corrected chi connectivity index (χ3v) is 3.44. The Labute approximate surface area is 130 Å². The minimum atomic E-state index is -0.576. The average molecular weight is 299 g/mol. The number of methoxy groups -OCH3 is 1. The maximum Gasteiger partial charge on any atom is 0.316 e. The van der Waals surface area contributed by atoms with Crippen LogP contribution in [0.1, 0.15) is 30.9 Å². The number of nitrogens with two attached hydrogens (primary N) is 1. The standard InChI is InChI=1S/C17H21N3O2/c1-10(2)13-7-11(3)8-14(16(13)20-17(18)21)12-5-6-19-15(9-12)22-4/h5-10H,1-4H3,(H3,18,20,21). The molecule has 0 spiro atoms. The molecule has 0 saturated heterocycles. The third-order valence-electron chi connectivity index (χ3n) is 3.44. The summed E-state index contributed by atoms with van der Waals surface area (Å²) >= 11 is 0. The molecule has 2 aromatic rings. The van der Waals surface area contributed by atoms with Crippen LogP contribution in [0.5, 0.6) is 5.88 Å². The Balaban J connectivity index is 2.69. The van der Waals surface area contributed by atoms with Crippen molar-refractivity contribution in [1.29, 1.82) is 0 Å². The van der Waals surface area contributed by atoms with Crippen LogP contribution < -0.4 is 15.8 Å². The SMILES string of the molecule is COc1cc(-c2cc(C)cc(C(C)C)c2NC(N)=O)ccn1. The summed E-state index contributed by atoms with van der Waals surface area (Å²) in [6.07, 6.45) is 1.68. The predicted molar refractivity (Wildman–Crippen MR) is 88.3 cm³/mol. The van der Waals surface area contributed by atoms with E-state index in [4.69, 9.17) is 10.5 Å². The lowest BCUT2D eigenvalue weighted by Gasteiger charge is -2.19. The second kappa shape index (κ2) is 6.47. The molecule has 2 rings (SSSR count). The summed E-state index contributed by atoms with van der Waals surface area (Å²) < 4.78 is 5.18. The molecule has 0 aliphatic carbocycles. The Morgan fingerprint density at radius 2 is 2.05 bits per heavy atom. The third kappa shape index (κ3) is 3.36. The lowest BCUT2D eigenvalue weighted by atomic mass is 9.92. The van der Waals surface area contributed by atoms with Crippen molar-refractivity contribution in [2.24, 2.45) is 5.73 Å². The molecule has 3 N–H and O–H groups in total. The van der Waals surface area contributed by atoms with Gasteiger partial charge in [-0.15, -0.1) is 0 Å². The van der Waals surface area contributed by atoms with E-state index >= 15 is 0 Å². The van der Waals surface area contributed by atoms with Gasteiger partial charge in [-0.3, -0.25) is 0 Å². The van der Waals surface area contributed by atoms with Gasteiger partial charge in [0.1, 0.15) is 0 Å². The van der Waals surface area contributed by atoms with E-state index in [0.717, 1.165) is 27.9 Å². The maximum atomic E-state index is 11.4. The zero-order valence-corrected chi connectivity index (χ0v) is 13.3. The van der Waals surface area contributed by atoms with Gasteiger partial charge in [0.15, 0.2) is 0 Å². The predicted octanol–water partition coefficient (Wildman–Crippen LogP) is 3.68. The van der Waals surface area contributed by atoms with Gasteiger partial charge in [0.2, 0.25) is 5.88 Å². The number of carbonyl (C=O) groups excluding carboxylic acids is 1. The number of urea groups is 1. The van der Waals surface area contributed by atoms with Gasteiger partial charge >= 0.3 is 6.03 Å². The molecule has 0 aliphatic heterocycles. The molecule has 1 aromatic carbocycles. The van der Waals surface area contributed by atoms with Gasteiger partial charge in [-0.2, -0.15) is 0 Å². The zero-order chi connectivity index (χ0) is 16.3. The van der Waals surface area contributed by atoms with Crippen LogP contribution in [0.2, 0.25) is 0 Å². The molecule has 0 saturated carbocycles. The van der Waals surface area contributed by atoms with Crippen LogP contribution in [0.4, 0.5) is 10.5 Å². The molecule has 0 fully saturated rings. The monoisotopic (exact) mass is 299 g/mol. The van der Waals surface area contributed by atoms with Crippen LogP contribution in [0.3, 0.4) is 0 Å². The highest BCUT2D eigenvalue weighted by Crippen LogP contribution is 2.36. The van der Waals surface area contributed by atoms with Gasteiger partial charge < -0.3 is 15.8 Å². The molecule has 1 heterocycles. The largest absolute Gasteiger partial charge is 0.481 e. The second-order valence-electron chi connectivity index (χ2n) is 5.51. The molecule has 22 heavy (non-hydrogen) atoms. The number of anilines is 1. The van der Waals surface area contributed by atoms with E-state index < -0.39 is 6.03 Å². The van der Waals surface area contributed by atoms with E-state index in [9.17, 15) is 4.79 Å². The number of benzene rings is 1. The highest BCUT2D eigenvalue weighted by Gasteiger charge is 2.16. The second-order valence-corrected chi connectivity index (χ2v) is 5.51. The Morgan fingerprint density at radius 3 is 2.64 bits per heavy atom. The van der Waals surface area contributed by atoms with Crippen molar-refractivity contribution < 1.29 is 9.53 Å². The number of amides is 2. The van der Waals surface area contributed by atoms with E-state index in [0.29, 0.717) is 5.88 Å². The molecule has 1 aromatic heterocycles. The van der Waals surface area contributed by atoms with Gasteiger partial charge in [0, 0.05) is 17.8 Å². The van der Waals surface area contributed by atoms with Crippen molar-refractivity contribution in [2.45, 2.75) is 26.7 Å². The van der Waals surface area contributed by atoms with Gasteiger partial charge in [-0.05, 0) is 36.1 Å². The number of primary amides is 1. The van der Waals surface area contributed by atoms with Gasteiger partial charge in [0.25, 0.3) is 0 Å². The summed E-state index contributed by atoms with van der Waals surface area (Å²) in [6.45, 7) is 6.19. The number of hydrogen-bond donors (Lipinski definition) is 2. The molecule has 0 bridgehead atoms. The summed E-state index contributed by atoms with van der Waals surface area (Å²) in [5, 5.41) is 2.76. The van der Waals surface area contributed by atoms with Gasteiger partial charge in [-0.25, -0.2) is 9.78 Å². The molecule has 0 radical (unpaired) electrons. The lowest BCUT2D eigenvalue weighted by molar-refractivity contribution is 0.259. The number of nitrogens with one attached hydrogen (secondary N) is 1. The molecular weight excluding hydrogens is 278 g/mol. The molecule has 5 nitrogen and oxygen atoms in total. The van der Waals surface area contributed by atoms with E-state index in [-0.39, 0.29) is 5.92 Å². The van der Waals surface area contributed by atoms with Gasteiger partial charge in [0.05, 0.1) is 12.8 Å². The van der Waals surface area contributed by atoms with Crippen LogP contribution in [0.15, 0.2) is 30.5 Å². The number of hydrogen-bond acceptors (Lipinski definition) is 3. The average Bonchev–Trinajstić information content (AvgIpc) is 2.48. The minimum absolute atomic E-state index is 0.254. The number of pyridine rings is 1. The Hall–Kier alpha value is -2.56. The number of ether oxygens (including phenoxy) is 1. The zero-order valence-electron chi connectivity index (χ0n) is 13.3. The molecule has 2 amide bonds. The first-order chi connectivity index (χ1) is 10.4. The Kier molecular flexibility index (Phi) is 4.65. The van der Waals surface area contributed by atoms with Crippen LogP contribution >= 0.6 is 0 Å². The Morgan fingerprint density at radius 1 is 1.32 bits per heavy atom. The summed E-state index contributed by atoms with van der Waals surface area (Å²) in [5.41, 5.74) is 10.1. The quantitative estimate of drug-likeness (QED) is 0.904. The maximum absolute atomic E-state index is 11.4. The van der Waals surface area contributed by atoms with E-state index in [1.165, 1.54) is 0 Å². The molecule has 0 atom stereocenters. The molecule has 0 unspecified atom stereocenters. The summed E-state index contributed by atoms with van der Waals surface area (Å²) in [4.78, 5) is 15.5. The van der Waals surface area contributed by atoms with Crippen molar-refractivity contribution in [3.05, 3.63) is 41.6 Å². The number of rotatable bonds is 4. The van der Waals surface area contributed by atoms with E-state index in [1.807, 2.05) is 25.1 Å². The first-order valence-corrected chi connectivity index (χ1v) is 7.13. The molecular formula is C17H21N3O2. The van der Waals surface area contributed by atoms with E-state index in [2.05, 4.69) is 30.2 Å². The topological polar surface area (TPSA) is 77.2 Å². The van der Waals surface area contributed by atoms with E-state index in [1.54, 1.807) is 13.3 Å². The van der Waals surface area contributed by atoms with Crippen molar-refractivity contribution in [3.8, 4) is 17.0 Å². The Bertz CT molecular complexity index is 696. The lowest BCUT2D eigenvalue weighted by Crippen LogP contribution is -2.21. The molecule has 116 valence electrons.